The number of hydrogen-bond acceptors (Lipinski definition) is 5. The molecule has 2 N–H and O–H groups in total. The van der Waals surface area contributed by atoms with Crippen molar-refractivity contribution in [3.63, 3.8) is 0 Å². The standard InChI is InChI=1S/C16H26N4OS/c1-2-14-11-18-16(22-14)20-8-6-19(7-9-20)15(21)12-4-3-5-13(17)10-12/h11-13H,2-10,17H2,1H3. The number of piperazine rings is 1. The third-order valence-electron chi connectivity index (χ3n) is 4.82. The van der Waals surface area contributed by atoms with Gasteiger partial charge in [0, 0.05) is 49.2 Å². The summed E-state index contributed by atoms with van der Waals surface area (Å²) in [6.45, 7) is 5.56. The molecule has 6 heteroatoms. The van der Waals surface area contributed by atoms with E-state index in [-0.39, 0.29) is 12.0 Å². The van der Waals surface area contributed by atoms with Gasteiger partial charge in [0.05, 0.1) is 0 Å². The van der Waals surface area contributed by atoms with E-state index >= 15 is 0 Å². The molecule has 122 valence electrons. The number of aryl methyl sites for hydroxylation is 1. The molecule has 2 fully saturated rings. The van der Waals surface area contributed by atoms with E-state index in [1.54, 1.807) is 11.3 Å². The first kappa shape index (κ1) is 15.7. The summed E-state index contributed by atoms with van der Waals surface area (Å²) >= 11 is 1.77. The van der Waals surface area contributed by atoms with Crippen LogP contribution >= 0.6 is 11.3 Å². The largest absolute Gasteiger partial charge is 0.345 e. The fourth-order valence-corrected chi connectivity index (χ4v) is 4.34. The van der Waals surface area contributed by atoms with Crippen LogP contribution < -0.4 is 10.6 Å². The smallest absolute Gasteiger partial charge is 0.225 e. The van der Waals surface area contributed by atoms with Gasteiger partial charge in [-0.25, -0.2) is 4.98 Å². The average Bonchev–Trinajstić information content (AvgIpc) is 3.03. The molecule has 5 nitrogen and oxygen atoms in total. The Balaban J connectivity index is 1.53. The van der Waals surface area contributed by atoms with Crippen molar-refractivity contribution in [2.45, 2.75) is 45.1 Å². The Morgan fingerprint density at radius 3 is 2.77 bits per heavy atom. The van der Waals surface area contributed by atoms with E-state index in [0.717, 1.165) is 63.4 Å². The third kappa shape index (κ3) is 3.43. The highest BCUT2D eigenvalue weighted by Gasteiger charge is 2.31. The summed E-state index contributed by atoms with van der Waals surface area (Å²) in [5.74, 6) is 0.477. The quantitative estimate of drug-likeness (QED) is 0.923. The van der Waals surface area contributed by atoms with Crippen LogP contribution in [0.4, 0.5) is 5.13 Å². The molecule has 1 aliphatic carbocycles. The maximum Gasteiger partial charge on any atom is 0.225 e. The van der Waals surface area contributed by atoms with E-state index < -0.39 is 0 Å². The van der Waals surface area contributed by atoms with E-state index in [2.05, 4.69) is 16.8 Å². The molecule has 1 aromatic rings. The summed E-state index contributed by atoms with van der Waals surface area (Å²) in [5.41, 5.74) is 6.02. The zero-order valence-electron chi connectivity index (χ0n) is 13.3. The number of hydrogen-bond donors (Lipinski definition) is 1. The second-order valence-corrected chi connectivity index (χ2v) is 7.49. The van der Waals surface area contributed by atoms with Gasteiger partial charge in [-0.2, -0.15) is 0 Å². The molecule has 0 spiro atoms. The molecular formula is C16H26N4OS. The molecule has 0 aromatic carbocycles. The van der Waals surface area contributed by atoms with E-state index in [1.165, 1.54) is 4.88 Å². The fourth-order valence-electron chi connectivity index (χ4n) is 3.44. The van der Waals surface area contributed by atoms with Crippen LogP contribution in [0.15, 0.2) is 6.20 Å². The lowest BCUT2D eigenvalue weighted by Gasteiger charge is -2.37. The summed E-state index contributed by atoms with van der Waals surface area (Å²) in [6.07, 6.45) is 7.06. The van der Waals surface area contributed by atoms with Crippen molar-refractivity contribution in [2.24, 2.45) is 11.7 Å². The van der Waals surface area contributed by atoms with Gasteiger partial charge >= 0.3 is 0 Å². The van der Waals surface area contributed by atoms with Crippen molar-refractivity contribution in [1.82, 2.24) is 9.88 Å². The number of carbonyl (C=O) groups excluding carboxylic acids is 1. The topological polar surface area (TPSA) is 62.5 Å². The highest BCUT2D eigenvalue weighted by atomic mass is 32.1. The molecule has 1 amide bonds. The zero-order chi connectivity index (χ0) is 15.5. The summed E-state index contributed by atoms with van der Waals surface area (Å²) in [7, 11) is 0. The lowest BCUT2D eigenvalue weighted by atomic mass is 9.85. The number of amides is 1. The van der Waals surface area contributed by atoms with E-state index in [9.17, 15) is 4.79 Å². The van der Waals surface area contributed by atoms with Crippen molar-refractivity contribution in [3.05, 3.63) is 11.1 Å². The maximum absolute atomic E-state index is 12.6. The van der Waals surface area contributed by atoms with E-state index in [4.69, 9.17) is 5.73 Å². The van der Waals surface area contributed by atoms with Crippen LogP contribution in [-0.2, 0) is 11.2 Å². The van der Waals surface area contributed by atoms with Crippen molar-refractivity contribution >= 4 is 22.4 Å². The van der Waals surface area contributed by atoms with Gasteiger partial charge in [-0.3, -0.25) is 4.79 Å². The molecule has 1 saturated heterocycles. The van der Waals surface area contributed by atoms with Crippen LogP contribution in [0.25, 0.3) is 0 Å². The number of rotatable bonds is 3. The lowest BCUT2D eigenvalue weighted by molar-refractivity contribution is -0.137. The predicted molar refractivity (Wildman–Crippen MR) is 90.2 cm³/mol. The molecule has 2 unspecified atom stereocenters. The summed E-state index contributed by atoms with van der Waals surface area (Å²) in [6, 6.07) is 0.215. The summed E-state index contributed by atoms with van der Waals surface area (Å²) < 4.78 is 0. The summed E-state index contributed by atoms with van der Waals surface area (Å²) in [5, 5.41) is 1.10. The Morgan fingerprint density at radius 2 is 2.14 bits per heavy atom. The monoisotopic (exact) mass is 322 g/mol. The number of nitrogens with two attached hydrogens (primary N) is 1. The maximum atomic E-state index is 12.6. The molecule has 2 aliphatic rings. The van der Waals surface area contributed by atoms with Crippen molar-refractivity contribution in [1.29, 1.82) is 0 Å². The number of anilines is 1. The molecular weight excluding hydrogens is 296 g/mol. The van der Waals surface area contributed by atoms with Gasteiger partial charge in [0.1, 0.15) is 0 Å². The minimum atomic E-state index is 0.154. The van der Waals surface area contributed by atoms with Gasteiger partial charge in [0.15, 0.2) is 5.13 Å². The van der Waals surface area contributed by atoms with Crippen LogP contribution in [0.3, 0.4) is 0 Å². The van der Waals surface area contributed by atoms with Gasteiger partial charge in [0.25, 0.3) is 0 Å². The molecule has 2 atom stereocenters. The first-order valence-electron chi connectivity index (χ1n) is 8.41. The van der Waals surface area contributed by atoms with Gasteiger partial charge in [0.2, 0.25) is 5.91 Å². The highest BCUT2D eigenvalue weighted by molar-refractivity contribution is 7.15. The Labute approximate surface area is 136 Å². The Morgan fingerprint density at radius 1 is 1.36 bits per heavy atom. The minimum absolute atomic E-state index is 0.154. The van der Waals surface area contributed by atoms with Crippen molar-refractivity contribution < 1.29 is 4.79 Å². The molecule has 1 aromatic heterocycles. The van der Waals surface area contributed by atoms with Crippen LogP contribution in [0, 0.1) is 5.92 Å². The third-order valence-corrected chi connectivity index (χ3v) is 6.02. The molecule has 2 heterocycles. The Bertz CT molecular complexity index is 510. The second kappa shape index (κ2) is 6.96. The zero-order valence-corrected chi connectivity index (χ0v) is 14.1. The molecule has 1 aliphatic heterocycles. The van der Waals surface area contributed by atoms with Crippen molar-refractivity contribution in [3.8, 4) is 0 Å². The normalized spacial score (nSPS) is 26.3. The number of aromatic nitrogens is 1. The summed E-state index contributed by atoms with van der Waals surface area (Å²) in [4.78, 5) is 22.8. The molecule has 1 saturated carbocycles. The van der Waals surface area contributed by atoms with Crippen LogP contribution in [0.5, 0.6) is 0 Å². The van der Waals surface area contributed by atoms with Crippen LogP contribution in [-0.4, -0.2) is 48.0 Å². The Hall–Kier alpha value is -1.14. The van der Waals surface area contributed by atoms with Gasteiger partial charge in [-0.15, -0.1) is 11.3 Å². The highest BCUT2D eigenvalue weighted by Crippen LogP contribution is 2.27. The second-order valence-electron chi connectivity index (χ2n) is 6.40. The van der Waals surface area contributed by atoms with Gasteiger partial charge < -0.3 is 15.5 Å². The molecule has 3 rings (SSSR count). The lowest BCUT2D eigenvalue weighted by Crippen LogP contribution is -2.51. The average molecular weight is 322 g/mol. The number of thiazole rings is 1. The minimum Gasteiger partial charge on any atom is -0.345 e. The molecule has 0 radical (unpaired) electrons. The van der Waals surface area contributed by atoms with Crippen molar-refractivity contribution in [2.75, 3.05) is 31.1 Å². The molecule has 22 heavy (non-hydrogen) atoms. The van der Waals surface area contributed by atoms with Crippen LogP contribution in [0.1, 0.15) is 37.5 Å². The first-order valence-corrected chi connectivity index (χ1v) is 9.23. The first-order chi connectivity index (χ1) is 10.7. The number of carbonyl (C=O) groups is 1. The van der Waals surface area contributed by atoms with E-state index in [1.807, 2.05) is 11.1 Å². The number of nitrogens with zero attached hydrogens (tertiary/aromatic N) is 3. The van der Waals surface area contributed by atoms with Crippen LogP contribution in [0.2, 0.25) is 0 Å². The molecule has 0 bridgehead atoms. The van der Waals surface area contributed by atoms with E-state index in [0.29, 0.717) is 5.91 Å². The SMILES string of the molecule is CCc1cnc(N2CCN(C(=O)C3CCCC(N)C3)CC2)s1. The Kier molecular flexibility index (Phi) is 4.98. The predicted octanol–water partition coefficient (Wildman–Crippen LogP) is 1.87. The van der Waals surface area contributed by atoms with Gasteiger partial charge in [-0.1, -0.05) is 13.3 Å². The fraction of sp³-hybridized carbons (Fsp3) is 0.750. The van der Waals surface area contributed by atoms with Gasteiger partial charge in [-0.05, 0) is 25.7 Å².